The molecule has 5 rings (SSSR count). The summed E-state index contributed by atoms with van der Waals surface area (Å²) in [7, 11) is 0. The van der Waals surface area contributed by atoms with Crippen molar-refractivity contribution in [1.82, 2.24) is 0 Å². The van der Waals surface area contributed by atoms with Crippen LogP contribution in [0.4, 0.5) is 0 Å². The van der Waals surface area contributed by atoms with Crippen LogP contribution in [0.25, 0.3) is 0 Å². The maximum Gasteiger partial charge on any atom is 0.331 e. The molecule has 4 N–H and O–H groups in total. The number of hydrogen-bond donors (Lipinski definition) is 4. The Morgan fingerprint density at radius 2 is 1.79 bits per heavy atom. The number of aliphatic hydroxyl groups excluding tert-OH is 3. The minimum absolute atomic E-state index is 0.0384. The van der Waals surface area contributed by atoms with Crippen molar-refractivity contribution in [3.63, 3.8) is 0 Å². The van der Waals surface area contributed by atoms with E-state index in [1.54, 1.807) is 6.08 Å². The highest BCUT2D eigenvalue weighted by atomic mass is 16.5. The van der Waals surface area contributed by atoms with Gasteiger partial charge in [-0.2, -0.15) is 0 Å². The fraction of sp³-hybridized carbons (Fsp3) is 0.870. The predicted molar refractivity (Wildman–Crippen MR) is 105 cm³/mol. The quantitative estimate of drug-likeness (QED) is 0.492. The maximum absolute atomic E-state index is 12.1. The number of hydrogen-bond acceptors (Lipinski definition) is 6. The minimum Gasteiger partial charge on any atom is -0.458 e. The molecule has 5 aliphatic rings. The molecule has 6 heteroatoms. The standard InChI is InChI=1S/C23H34O6/c1-21-9-17(25)16(24)8-13(21)3-4-15-20(21)18(26)10-22(2)14(5-6-23(15,22)28)12-7-19(27)29-11-12/h7,13-18,20,24-26,28H,3-6,8-11H2,1-2H3/t13-,14-,15-,16-,17-,18+,20-,21+,22-,23+/m1/s1. The summed E-state index contributed by atoms with van der Waals surface area (Å²) >= 11 is 0. The first-order chi connectivity index (χ1) is 13.6. The van der Waals surface area contributed by atoms with Gasteiger partial charge in [0, 0.05) is 11.5 Å². The molecule has 1 aliphatic heterocycles. The van der Waals surface area contributed by atoms with Gasteiger partial charge in [-0.15, -0.1) is 0 Å². The van der Waals surface area contributed by atoms with Crippen molar-refractivity contribution in [2.24, 2.45) is 34.5 Å². The molecule has 10 atom stereocenters. The van der Waals surface area contributed by atoms with Crippen LogP contribution in [-0.4, -0.2) is 56.9 Å². The Morgan fingerprint density at radius 1 is 1.03 bits per heavy atom. The van der Waals surface area contributed by atoms with Crippen molar-refractivity contribution < 1.29 is 30.0 Å². The van der Waals surface area contributed by atoms with E-state index in [0.29, 0.717) is 32.3 Å². The summed E-state index contributed by atoms with van der Waals surface area (Å²) in [6.07, 6.45) is 4.28. The largest absolute Gasteiger partial charge is 0.458 e. The molecule has 4 aliphatic carbocycles. The topological polar surface area (TPSA) is 107 Å². The molecular formula is C23H34O6. The zero-order valence-corrected chi connectivity index (χ0v) is 17.4. The first-order valence-corrected chi connectivity index (χ1v) is 11.2. The summed E-state index contributed by atoms with van der Waals surface area (Å²) in [5, 5.41) is 44.2. The van der Waals surface area contributed by atoms with E-state index >= 15 is 0 Å². The Hall–Kier alpha value is -0.950. The second kappa shape index (κ2) is 6.28. The molecule has 0 amide bonds. The Kier molecular flexibility index (Phi) is 4.33. The number of carbonyl (C=O) groups excluding carboxylic acids is 1. The summed E-state index contributed by atoms with van der Waals surface area (Å²) < 4.78 is 5.15. The van der Waals surface area contributed by atoms with Gasteiger partial charge in [-0.05, 0) is 79.6 Å². The second-order valence-electron chi connectivity index (χ2n) is 11.0. The third-order valence-electron chi connectivity index (χ3n) is 9.94. The molecular weight excluding hydrogens is 372 g/mol. The van der Waals surface area contributed by atoms with E-state index in [-0.39, 0.29) is 35.1 Å². The molecule has 0 aromatic rings. The van der Waals surface area contributed by atoms with Gasteiger partial charge in [-0.25, -0.2) is 4.79 Å². The number of aliphatic hydroxyl groups is 4. The fourth-order valence-corrected chi connectivity index (χ4v) is 8.53. The molecule has 0 radical (unpaired) electrons. The zero-order chi connectivity index (χ0) is 20.8. The lowest BCUT2D eigenvalue weighted by Gasteiger charge is -2.65. The smallest absolute Gasteiger partial charge is 0.331 e. The lowest BCUT2D eigenvalue weighted by Crippen LogP contribution is -2.67. The Labute approximate surface area is 172 Å². The summed E-state index contributed by atoms with van der Waals surface area (Å²) in [6, 6.07) is 0. The number of esters is 1. The summed E-state index contributed by atoms with van der Waals surface area (Å²) in [5.41, 5.74) is -0.732. The molecule has 0 bridgehead atoms. The van der Waals surface area contributed by atoms with Gasteiger partial charge in [0.05, 0.1) is 23.9 Å². The van der Waals surface area contributed by atoms with Crippen LogP contribution >= 0.6 is 0 Å². The van der Waals surface area contributed by atoms with Crippen molar-refractivity contribution >= 4 is 5.97 Å². The van der Waals surface area contributed by atoms with Crippen molar-refractivity contribution in [3.8, 4) is 0 Å². The molecule has 4 saturated carbocycles. The zero-order valence-electron chi connectivity index (χ0n) is 17.4. The number of rotatable bonds is 1. The normalized spacial score (nSPS) is 56.8. The van der Waals surface area contributed by atoms with E-state index in [4.69, 9.17) is 4.74 Å². The van der Waals surface area contributed by atoms with Crippen LogP contribution in [0.15, 0.2) is 11.6 Å². The second-order valence-corrected chi connectivity index (χ2v) is 11.0. The van der Waals surface area contributed by atoms with E-state index in [1.807, 2.05) is 0 Å². The molecule has 0 unspecified atom stereocenters. The van der Waals surface area contributed by atoms with Crippen molar-refractivity contribution in [2.75, 3.05) is 6.61 Å². The van der Waals surface area contributed by atoms with E-state index in [2.05, 4.69) is 13.8 Å². The predicted octanol–water partition coefficient (Wildman–Crippen LogP) is 1.55. The Bertz CT molecular complexity index is 750. The SMILES string of the molecule is C[C@]12C[C@@H](O)[C@H](O)C[C@H]1CC[C@@H]1[C@@H]2[C@@H](O)C[C@]2(C)[C@@H](C3=CC(=O)OC3)CC[C@]12O. The molecule has 4 fully saturated rings. The average molecular weight is 407 g/mol. The number of cyclic esters (lactones) is 1. The average Bonchev–Trinajstić information content (AvgIpc) is 3.17. The van der Waals surface area contributed by atoms with Crippen molar-refractivity contribution in [2.45, 2.75) is 82.7 Å². The number of ether oxygens (including phenoxy) is 1. The van der Waals surface area contributed by atoms with Crippen LogP contribution < -0.4 is 0 Å². The van der Waals surface area contributed by atoms with Crippen LogP contribution in [-0.2, 0) is 9.53 Å². The van der Waals surface area contributed by atoms with Gasteiger partial charge in [-0.3, -0.25) is 0 Å². The number of fused-ring (bicyclic) bond motifs is 5. The molecule has 6 nitrogen and oxygen atoms in total. The van der Waals surface area contributed by atoms with E-state index in [0.717, 1.165) is 24.8 Å². The third kappa shape index (κ3) is 2.52. The van der Waals surface area contributed by atoms with Gasteiger partial charge in [0.2, 0.25) is 0 Å². The van der Waals surface area contributed by atoms with E-state index in [1.165, 1.54) is 0 Å². The Morgan fingerprint density at radius 3 is 2.48 bits per heavy atom. The van der Waals surface area contributed by atoms with E-state index < -0.39 is 29.3 Å². The van der Waals surface area contributed by atoms with Crippen LogP contribution in [0.5, 0.6) is 0 Å². The highest BCUT2D eigenvalue weighted by Gasteiger charge is 2.70. The molecule has 162 valence electrons. The first kappa shape index (κ1) is 20.0. The van der Waals surface area contributed by atoms with E-state index in [9.17, 15) is 25.2 Å². The van der Waals surface area contributed by atoms with Crippen LogP contribution in [0.3, 0.4) is 0 Å². The molecule has 0 aromatic heterocycles. The summed E-state index contributed by atoms with van der Waals surface area (Å²) in [5.74, 6) is -0.139. The molecule has 0 aromatic carbocycles. The number of carbonyl (C=O) groups is 1. The fourth-order valence-electron chi connectivity index (χ4n) is 8.53. The van der Waals surface area contributed by atoms with Gasteiger partial charge in [0.1, 0.15) is 6.61 Å². The lowest BCUT2D eigenvalue weighted by molar-refractivity contribution is -0.249. The first-order valence-electron chi connectivity index (χ1n) is 11.2. The summed E-state index contributed by atoms with van der Waals surface area (Å²) in [6.45, 7) is 4.53. The van der Waals surface area contributed by atoms with Gasteiger partial charge in [0.15, 0.2) is 0 Å². The maximum atomic E-state index is 12.1. The lowest BCUT2D eigenvalue weighted by atomic mass is 9.42. The monoisotopic (exact) mass is 406 g/mol. The highest BCUT2D eigenvalue weighted by Crippen LogP contribution is 2.69. The minimum atomic E-state index is -0.900. The van der Waals surface area contributed by atoms with Crippen LogP contribution in [0, 0.1) is 34.5 Å². The molecule has 0 saturated heterocycles. The van der Waals surface area contributed by atoms with Gasteiger partial charge in [-0.1, -0.05) is 13.8 Å². The van der Waals surface area contributed by atoms with Gasteiger partial charge >= 0.3 is 5.97 Å². The van der Waals surface area contributed by atoms with Crippen molar-refractivity contribution in [1.29, 1.82) is 0 Å². The van der Waals surface area contributed by atoms with Gasteiger partial charge in [0.25, 0.3) is 0 Å². The molecule has 0 spiro atoms. The molecule has 1 heterocycles. The molecule has 29 heavy (non-hydrogen) atoms. The van der Waals surface area contributed by atoms with Crippen molar-refractivity contribution in [3.05, 3.63) is 11.6 Å². The van der Waals surface area contributed by atoms with Crippen LogP contribution in [0.1, 0.15) is 58.8 Å². The van der Waals surface area contributed by atoms with Gasteiger partial charge < -0.3 is 25.2 Å². The third-order valence-corrected chi connectivity index (χ3v) is 9.94. The highest BCUT2D eigenvalue weighted by molar-refractivity contribution is 5.85. The Balaban J connectivity index is 1.51. The summed E-state index contributed by atoms with van der Waals surface area (Å²) in [4.78, 5) is 11.6. The van der Waals surface area contributed by atoms with Crippen LogP contribution in [0.2, 0.25) is 0 Å².